The Kier molecular flexibility index (Phi) is 2.74. The van der Waals surface area contributed by atoms with Crippen LogP contribution in [0, 0.1) is 22.7 Å². The van der Waals surface area contributed by atoms with Crippen LogP contribution in [0.5, 0.6) is 0 Å². The molecule has 1 unspecified atom stereocenters. The molecule has 0 heterocycles. The van der Waals surface area contributed by atoms with E-state index >= 15 is 0 Å². The molecule has 1 atom stereocenters. The fraction of sp³-hybridized carbons (Fsp3) is 0.900. The molecule has 0 spiro atoms. The van der Waals surface area contributed by atoms with Crippen molar-refractivity contribution in [1.29, 1.82) is 5.26 Å². The lowest BCUT2D eigenvalue weighted by molar-refractivity contribution is 0.161. The smallest absolute Gasteiger partial charge is 0.0700 e. The monoisotopic (exact) mass is 166 g/mol. The van der Waals surface area contributed by atoms with Crippen molar-refractivity contribution in [3.05, 3.63) is 0 Å². The molecule has 0 aromatic heterocycles. The summed E-state index contributed by atoms with van der Waals surface area (Å²) in [6.07, 6.45) is 3.91. The fourth-order valence-electron chi connectivity index (χ4n) is 2.03. The predicted octanol–water partition coefficient (Wildman–Crippen LogP) is 1.92. The molecular weight excluding hydrogens is 148 g/mol. The van der Waals surface area contributed by atoms with Crippen molar-refractivity contribution in [3.8, 4) is 6.07 Å². The summed E-state index contributed by atoms with van der Waals surface area (Å²) in [7, 11) is 1.96. The second-order valence-corrected chi connectivity index (χ2v) is 4.29. The molecule has 1 aliphatic carbocycles. The van der Waals surface area contributed by atoms with Crippen molar-refractivity contribution >= 4 is 0 Å². The number of rotatable bonds is 3. The largest absolute Gasteiger partial charge is 0.315 e. The van der Waals surface area contributed by atoms with Gasteiger partial charge < -0.3 is 5.32 Å². The van der Waals surface area contributed by atoms with Gasteiger partial charge in [-0.3, -0.25) is 0 Å². The lowest BCUT2D eigenvalue weighted by atomic mass is 9.70. The van der Waals surface area contributed by atoms with Gasteiger partial charge in [0.05, 0.1) is 11.5 Å². The fourth-order valence-corrected chi connectivity index (χ4v) is 2.03. The number of nitrogens with one attached hydrogen (secondary N) is 1. The van der Waals surface area contributed by atoms with Gasteiger partial charge in [-0.1, -0.05) is 6.42 Å². The van der Waals surface area contributed by atoms with Crippen LogP contribution in [0.15, 0.2) is 0 Å². The molecule has 0 bridgehead atoms. The molecule has 1 aliphatic rings. The summed E-state index contributed by atoms with van der Waals surface area (Å²) in [5, 5.41) is 12.2. The number of nitrogens with zero attached hydrogens (tertiary/aromatic N) is 1. The van der Waals surface area contributed by atoms with Gasteiger partial charge in [0.2, 0.25) is 0 Å². The second kappa shape index (κ2) is 3.45. The molecule has 2 nitrogen and oxygen atoms in total. The minimum Gasteiger partial charge on any atom is -0.315 e. The van der Waals surface area contributed by atoms with Crippen LogP contribution < -0.4 is 5.32 Å². The average Bonchev–Trinajstić information content (AvgIpc) is 1.96. The summed E-state index contributed by atoms with van der Waals surface area (Å²) < 4.78 is 0. The Bertz CT molecular complexity index is 187. The average molecular weight is 166 g/mol. The first-order valence-electron chi connectivity index (χ1n) is 4.70. The third-order valence-electron chi connectivity index (χ3n) is 3.00. The minimum atomic E-state index is -0.222. The van der Waals surface area contributed by atoms with Crippen molar-refractivity contribution in [2.45, 2.75) is 39.2 Å². The highest BCUT2D eigenvalue weighted by atomic mass is 14.9. The zero-order valence-corrected chi connectivity index (χ0v) is 8.22. The molecule has 0 radical (unpaired) electrons. The molecule has 12 heavy (non-hydrogen) atoms. The number of hydrogen-bond donors (Lipinski definition) is 1. The van der Waals surface area contributed by atoms with Crippen LogP contribution in [-0.2, 0) is 0 Å². The quantitative estimate of drug-likeness (QED) is 0.695. The summed E-state index contributed by atoms with van der Waals surface area (Å²) >= 11 is 0. The van der Waals surface area contributed by atoms with Crippen LogP contribution in [0.2, 0.25) is 0 Å². The summed E-state index contributed by atoms with van der Waals surface area (Å²) in [6, 6.07) is 2.75. The van der Waals surface area contributed by atoms with Gasteiger partial charge in [0.1, 0.15) is 0 Å². The van der Waals surface area contributed by atoms with Crippen LogP contribution in [0.1, 0.15) is 33.1 Å². The van der Waals surface area contributed by atoms with Crippen LogP contribution in [0.25, 0.3) is 0 Å². The van der Waals surface area contributed by atoms with Crippen molar-refractivity contribution in [3.63, 3.8) is 0 Å². The Labute approximate surface area is 75.0 Å². The molecular formula is C10H18N2. The third kappa shape index (κ3) is 1.61. The van der Waals surface area contributed by atoms with Crippen molar-refractivity contribution in [2.75, 3.05) is 7.05 Å². The highest BCUT2D eigenvalue weighted by molar-refractivity contribution is 5.03. The molecule has 0 aliphatic heterocycles. The van der Waals surface area contributed by atoms with E-state index in [0.717, 1.165) is 5.92 Å². The first-order valence-corrected chi connectivity index (χ1v) is 4.70. The van der Waals surface area contributed by atoms with Crippen molar-refractivity contribution in [1.82, 2.24) is 5.32 Å². The van der Waals surface area contributed by atoms with E-state index in [1.165, 1.54) is 19.3 Å². The topological polar surface area (TPSA) is 35.8 Å². The molecule has 68 valence electrons. The van der Waals surface area contributed by atoms with Gasteiger partial charge in [-0.2, -0.15) is 5.26 Å². The summed E-state index contributed by atoms with van der Waals surface area (Å²) in [5.41, 5.74) is -0.222. The highest BCUT2D eigenvalue weighted by Gasteiger charge is 2.37. The van der Waals surface area contributed by atoms with Gasteiger partial charge in [0.15, 0.2) is 0 Å². The van der Waals surface area contributed by atoms with E-state index in [1.54, 1.807) is 0 Å². The lowest BCUT2D eigenvalue weighted by Crippen LogP contribution is -2.47. The SMILES string of the molecule is CNC(C1CCC1)C(C)(C)C#N. The van der Waals surface area contributed by atoms with E-state index in [2.05, 4.69) is 11.4 Å². The lowest BCUT2D eigenvalue weighted by Gasteiger charge is -2.39. The normalized spacial score (nSPS) is 21.2. The van der Waals surface area contributed by atoms with E-state index in [0.29, 0.717) is 6.04 Å². The second-order valence-electron chi connectivity index (χ2n) is 4.29. The Morgan fingerprint density at radius 3 is 2.33 bits per heavy atom. The molecule has 0 aromatic rings. The molecule has 1 fully saturated rings. The Hall–Kier alpha value is -0.550. The molecule has 1 N–H and O–H groups in total. The number of hydrogen-bond acceptors (Lipinski definition) is 2. The van der Waals surface area contributed by atoms with Gasteiger partial charge in [0, 0.05) is 6.04 Å². The first kappa shape index (κ1) is 9.54. The highest BCUT2D eigenvalue weighted by Crippen LogP contribution is 2.37. The van der Waals surface area contributed by atoms with Gasteiger partial charge in [-0.25, -0.2) is 0 Å². The number of nitriles is 1. The molecule has 0 aromatic carbocycles. The molecule has 0 amide bonds. The van der Waals surface area contributed by atoms with Crippen molar-refractivity contribution < 1.29 is 0 Å². The molecule has 2 heteroatoms. The van der Waals surface area contributed by atoms with E-state index < -0.39 is 0 Å². The zero-order chi connectivity index (χ0) is 9.19. The summed E-state index contributed by atoms with van der Waals surface area (Å²) in [4.78, 5) is 0. The maximum Gasteiger partial charge on any atom is 0.0700 e. The Morgan fingerprint density at radius 2 is 2.08 bits per heavy atom. The van der Waals surface area contributed by atoms with E-state index in [4.69, 9.17) is 5.26 Å². The van der Waals surface area contributed by atoms with E-state index in [-0.39, 0.29) is 5.41 Å². The molecule has 0 saturated heterocycles. The summed E-state index contributed by atoms with van der Waals surface area (Å²) in [6.45, 7) is 4.04. The van der Waals surface area contributed by atoms with Gasteiger partial charge in [-0.15, -0.1) is 0 Å². The van der Waals surface area contributed by atoms with Crippen LogP contribution in [0.4, 0.5) is 0 Å². The Balaban J connectivity index is 2.61. The van der Waals surface area contributed by atoms with Crippen LogP contribution >= 0.6 is 0 Å². The Morgan fingerprint density at radius 1 is 1.50 bits per heavy atom. The van der Waals surface area contributed by atoms with Gasteiger partial charge in [-0.05, 0) is 39.7 Å². The van der Waals surface area contributed by atoms with E-state index in [9.17, 15) is 0 Å². The molecule has 1 saturated carbocycles. The van der Waals surface area contributed by atoms with Crippen LogP contribution in [0.3, 0.4) is 0 Å². The van der Waals surface area contributed by atoms with Gasteiger partial charge in [0.25, 0.3) is 0 Å². The first-order chi connectivity index (χ1) is 5.61. The van der Waals surface area contributed by atoms with Crippen molar-refractivity contribution in [2.24, 2.45) is 11.3 Å². The third-order valence-corrected chi connectivity index (χ3v) is 3.00. The van der Waals surface area contributed by atoms with Crippen LogP contribution in [-0.4, -0.2) is 13.1 Å². The van der Waals surface area contributed by atoms with E-state index in [1.807, 2.05) is 20.9 Å². The zero-order valence-electron chi connectivity index (χ0n) is 8.22. The standard InChI is InChI=1S/C10H18N2/c1-10(2,7-11)9(12-3)8-5-4-6-8/h8-9,12H,4-6H2,1-3H3. The summed E-state index contributed by atoms with van der Waals surface area (Å²) in [5.74, 6) is 0.727. The maximum atomic E-state index is 8.97. The maximum absolute atomic E-state index is 8.97. The van der Waals surface area contributed by atoms with Gasteiger partial charge >= 0.3 is 0 Å². The minimum absolute atomic E-state index is 0.222. The molecule has 1 rings (SSSR count). The predicted molar refractivity (Wildman–Crippen MR) is 49.6 cm³/mol.